The number of halogens is 1. The van der Waals surface area contributed by atoms with Gasteiger partial charge in [-0.25, -0.2) is 5.43 Å². The topological polar surface area (TPSA) is 70.9 Å². The largest absolute Gasteiger partial charge is 0.508 e. The molecule has 0 radical (unpaired) electrons. The van der Waals surface area contributed by atoms with Crippen molar-refractivity contribution >= 4 is 28.1 Å². The second-order valence-electron chi connectivity index (χ2n) is 4.13. The first-order chi connectivity index (χ1) is 10.1. The standard InChI is InChI=1S/C15H13BrN2O3/c16-12-3-7-14(8-4-12)21-10-15(20)18-17-9-11-1-5-13(19)6-2-11/h1-9,19H,10H2,(H,18,20)/b17-9-. The van der Waals surface area contributed by atoms with Gasteiger partial charge in [-0.1, -0.05) is 15.9 Å². The van der Waals surface area contributed by atoms with Crippen molar-refractivity contribution < 1.29 is 14.6 Å². The number of carbonyl (C=O) groups excluding carboxylic acids is 1. The number of carbonyl (C=O) groups is 1. The van der Waals surface area contributed by atoms with Gasteiger partial charge in [0.25, 0.3) is 5.91 Å². The Kier molecular flexibility index (Phi) is 5.34. The molecule has 108 valence electrons. The molecule has 2 N–H and O–H groups in total. The van der Waals surface area contributed by atoms with Gasteiger partial charge in [0.05, 0.1) is 6.21 Å². The summed E-state index contributed by atoms with van der Waals surface area (Å²) >= 11 is 3.32. The molecule has 0 aromatic heterocycles. The van der Waals surface area contributed by atoms with Crippen molar-refractivity contribution in [3.05, 3.63) is 58.6 Å². The van der Waals surface area contributed by atoms with Gasteiger partial charge in [-0.3, -0.25) is 4.79 Å². The minimum Gasteiger partial charge on any atom is -0.508 e. The predicted octanol–water partition coefficient (Wildman–Crippen LogP) is 2.68. The summed E-state index contributed by atoms with van der Waals surface area (Å²) in [5.41, 5.74) is 3.13. The average Bonchev–Trinajstić information content (AvgIpc) is 2.49. The van der Waals surface area contributed by atoms with Gasteiger partial charge < -0.3 is 9.84 Å². The SMILES string of the molecule is O=C(COc1ccc(Br)cc1)N/N=C\c1ccc(O)cc1. The van der Waals surface area contributed by atoms with Crippen LogP contribution in [0.3, 0.4) is 0 Å². The molecule has 5 nitrogen and oxygen atoms in total. The van der Waals surface area contributed by atoms with Crippen molar-refractivity contribution in [1.82, 2.24) is 5.43 Å². The number of hydrazone groups is 1. The number of phenols is 1. The first-order valence-corrected chi connectivity index (χ1v) is 6.92. The van der Waals surface area contributed by atoms with Gasteiger partial charge in [0.1, 0.15) is 11.5 Å². The summed E-state index contributed by atoms with van der Waals surface area (Å²) in [7, 11) is 0. The molecule has 0 aliphatic heterocycles. The van der Waals surface area contributed by atoms with Crippen molar-refractivity contribution in [1.29, 1.82) is 0 Å². The highest BCUT2D eigenvalue weighted by molar-refractivity contribution is 9.10. The number of hydrogen-bond donors (Lipinski definition) is 2. The molecule has 0 fully saturated rings. The third-order valence-corrected chi connectivity index (χ3v) is 3.01. The normalized spacial score (nSPS) is 10.5. The number of phenolic OH excluding ortho intramolecular Hbond substituents is 1. The van der Waals surface area contributed by atoms with Gasteiger partial charge in [-0.05, 0) is 54.1 Å². The van der Waals surface area contributed by atoms with E-state index in [-0.39, 0.29) is 18.3 Å². The minimum atomic E-state index is -0.354. The summed E-state index contributed by atoms with van der Waals surface area (Å²) < 4.78 is 6.24. The zero-order valence-corrected chi connectivity index (χ0v) is 12.6. The van der Waals surface area contributed by atoms with Gasteiger partial charge in [-0.2, -0.15) is 5.10 Å². The van der Waals surface area contributed by atoms with E-state index in [1.165, 1.54) is 6.21 Å². The number of ether oxygens (including phenoxy) is 1. The lowest BCUT2D eigenvalue weighted by Crippen LogP contribution is -2.24. The molecule has 2 aromatic rings. The average molecular weight is 349 g/mol. The van der Waals surface area contributed by atoms with Crippen LogP contribution in [0.5, 0.6) is 11.5 Å². The van der Waals surface area contributed by atoms with Crippen molar-refractivity contribution in [2.75, 3.05) is 6.61 Å². The van der Waals surface area contributed by atoms with Crippen LogP contribution in [-0.4, -0.2) is 23.8 Å². The summed E-state index contributed by atoms with van der Waals surface area (Å²) in [4.78, 5) is 11.5. The highest BCUT2D eigenvalue weighted by Crippen LogP contribution is 2.15. The molecule has 0 saturated carbocycles. The molecule has 0 atom stereocenters. The van der Waals surface area contributed by atoms with Gasteiger partial charge in [0.15, 0.2) is 6.61 Å². The molecule has 21 heavy (non-hydrogen) atoms. The maximum atomic E-state index is 11.5. The Morgan fingerprint density at radius 1 is 1.19 bits per heavy atom. The summed E-state index contributed by atoms with van der Waals surface area (Å²) in [5.74, 6) is 0.433. The molecular weight excluding hydrogens is 336 g/mol. The van der Waals surface area contributed by atoms with Crippen LogP contribution >= 0.6 is 15.9 Å². The van der Waals surface area contributed by atoms with E-state index in [4.69, 9.17) is 9.84 Å². The van der Waals surface area contributed by atoms with E-state index in [1.807, 2.05) is 12.1 Å². The third kappa shape index (κ3) is 5.27. The lowest BCUT2D eigenvalue weighted by molar-refractivity contribution is -0.123. The van der Waals surface area contributed by atoms with Crippen LogP contribution in [0.15, 0.2) is 58.1 Å². The number of rotatable bonds is 5. The van der Waals surface area contributed by atoms with Crippen LogP contribution in [0.4, 0.5) is 0 Å². The summed E-state index contributed by atoms with van der Waals surface area (Å²) in [5, 5.41) is 12.9. The van der Waals surface area contributed by atoms with Crippen LogP contribution in [0.1, 0.15) is 5.56 Å². The molecule has 0 aliphatic rings. The molecule has 0 spiro atoms. The Hall–Kier alpha value is -2.34. The molecule has 0 bridgehead atoms. The number of hydrogen-bond acceptors (Lipinski definition) is 4. The molecule has 2 aromatic carbocycles. The maximum absolute atomic E-state index is 11.5. The lowest BCUT2D eigenvalue weighted by Gasteiger charge is -2.04. The first-order valence-electron chi connectivity index (χ1n) is 6.13. The highest BCUT2D eigenvalue weighted by atomic mass is 79.9. The first kappa shape index (κ1) is 15.1. The van der Waals surface area contributed by atoms with Crippen LogP contribution in [-0.2, 0) is 4.79 Å². The van der Waals surface area contributed by atoms with Crippen LogP contribution in [0.25, 0.3) is 0 Å². The number of benzene rings is 2. The fraction of sp³-hybridized carbons (Fsp3) is 0.0667. The van der Waals surface area contributed by atoms with Crippen molar-refractivity contribution in [3.8, 4) is 11.5 Å². The second-order valence-corrected chi connectivity index (χ2v) is 5.04. The van der Waals surface area contributed by atoms with E-state index in [0.29, 0.717) is 5.75 Å². The van der Waals surface area contributed by atoms with Crippen LogP contribution in [0.2, 0.25) is 0 Å². The zero-order valence-electron chi connectivity index (χ0n) is 11.0. The number of amides is 1. The molecule has 0 unspecified atom stereocenters. The molecule has 2 rings (SSSR count). The molecular formula is C15H13BrN2O3. The van der Waals surface area contributed by atoms with Gasteiger partial charge >= 0.3 is 0 Å². The smallest absolute Gasteiger partial charge is 0.277 e. The molecule has 0 saturated heterocycles. The highest BCUT2D eigenvalue weighted by Gasteiger charge is 2.01. The molecule has 1 amide bonds. The van der Waals surface area contributed by atoms with Gasteiger partial charge in [0, 0.05) is 4.47 Å². The monoisotopic (exact) mass is 348 g/mol. The second kappa shape index (κ2) is 7.44. The Morgan fingerprint density at radius 3 is 2.52 bits per heavy atom. The number of nitrogens with zero attached hydrogens (tertiary/aromatic N) is 1. The molecule has 0 heterocycles. The van der Waals surface area contributed by atoms with Crippen LogP contribution in [0, 0.1) is 0 Å². The number of aromatic hydroxyl groups is 1. The van der Waals surface area contributed by atoms with Gasteiger partial charge in [-0.15, -0.1) is 0 Å². The van der Waals surface area contributed by atoms with Crippen LogP contribution < -0.4 is 10.2 Å². The van der Waals surface area contributed by atoms with E-state index >= 15 is 0 Å². The fourth-order valence-corrected chi connectivity index (χ4v) is 1.72. The zero-order chi connectivity index (χ0) is 15.1. The maximum Gasteiger partial charge on any atom is 0.277 e. The van der Waals surface area contributed by atoms with Crippen molar-refractivity contribution in [3.63, 3.8) is 0 Å². The third-order valence-electron chi connectivity index (χ3n) is 2.48. The Labute approximate surface area is 130 Å². The van der Waals surface area contributed by atoms with E-state index < -0.39 is 0 Å². The quantitative estimate of drug-likeness (QED) is 0.644. The number of nitrogens with one attached hydrogen (secondary N) is 1. The predicted molar refractivity (Wildman–Crippen MR) is 83.5 cm³/mol. The van der Waals surface area contributed by atoms with Crippen molar-refractivity contribution in [2.45, 2.75) is 0 Å². The summed E-state index contributed by atoms with van der Waals surface area (Å²) in [6.45, 7) is -0.117. The van der Waals surface area contributed by atoms with E-state index in [2.05, 4.69) is 26.5 Å². The van der Waals surface area contributed by atoms with E-state index in [0.717, 1.165) is 10.0 Å². The minimum absolute atomic E-state index is 0.117. The summed E-state index contributed by atoms with van der Waals surface area (Å²) in [6.07, 6.45) is 1.48. The fourth-order valence-electron chi connectivity index (χ4n) is 1.45. The Morgan fingerprint density at radius 2 is 1.86 bits per heavy atom. The van der Waals surface area contributed by atoms with Gasteiger partial charge in [0.2, 0.25) is 0 Å². The van der Waals surface area contributed by atoms with E-state index in [1.54, 1.807) is 36.4 Å². The Bertz CT molecular complexity index is 624. The lowest BCUT2D eigenvalue weighted by atomic mass is 10.2. The van der Waals surface area contributed by atoms with E-state index in [9.17, 15) is 4.79 Å². The summed E-state index contributed by atoms with van der Waals surface area (Å²) in [6, 6.07) is 13.6. The molecule has 0 aliphatic carbocycles. The van der Waals surface area contributed by atoms with Crippen molar-refractivity contribution in [2.24, 2.45) is 5.10 Å². The molecule has 6 heteroatoms. The Balaban J connectivity index is 1.77.